The van der Waals surface area contributed by atoms with E-state index in [0.717, 1.165) is 37.6 Å². The number of aliphatic hydroxyl groups excluding tert-OH is 1. The van der Waals surface area contributed by atoms with E-state index in [9.17, 15) is 9.50 Å². The maximum atomic E-state index is 13.0. The Morgan fingerprint density at radius 1 is 1.12 bits per heavy atom. The highest BCUT2D eigenvalue weighted by atomic mass is 19.1. The van der Waals surface area contributed by atoms with Crippen LogP contribution < -0.4 is 4.90 Å². The molecule has 1 N–H and O–H groups in total. The van der Waals surface area contributed by atoms with Gasteiger partial charge < -0.3 is 19.2 Å². The number of benzene rings is 1. The molecule has 0 amide bonds. The molecule has 1 aliphatic heterocycles. The minimum Gasteiger partial charge on any atom is -0.467 e. The van der Waals surface area contributed by atoms with E-state index in [-0.39, 0.29) is 5.82 Å². The van der Waals surface area contributed by atoms with Crippen LogP contribution in [-0.4, -0.2) is 55.4 Å². The van der Waals surface area contributed by atoms with Crippen LogP contribution in [0.1, 0.15) is 5.76 Å². The van der Waals surface area contributed by atoms with Gasteiger partial charge in [-0.1, -0.05) is 0 Å². The fourth-order valence-electron chi connectivity index (χ4n) is 2.88. The quantitative estimate of drug-likeness (QED) is 0.840. The highest BCUT2D eigenvalue weighted by molar-refractivity contribution is 5.46. The molecule has 1 aromatic heterocycles. The molecule has 1 aliphatic rings. The summed E-state index contributed by atoms with van der Waals surface area (Å²) in [5.74, 6) is 0.546. The molecule has 130 valence electrons. The number of nitrogens with zero attached hydrogens (tertiary/aromatic N) is 2. The van der Waals surface area contributed by atoms with Crippen molar-refractivity contribution >= 4 is 5.69 Å². The first-order valence-electron chi connectivity index (χ1n) is 8.22. The van der Waals surface area contributed by atoms with Crippen molar-refractivity contribution in [3.63, 3.8) is 0 Å². The zero-order chi connectivity index (χ0) is 16.8. The molecule has 0 bridgehead atoms. The highest BCUT2D eigenvalue weighted by Gasteiger charge is 2.19. The van der Waals surface area contributed by atoms with E-state index in [4.69, 9.17) is 9.15 Å². The lowest BCUT2D eigenvalue weighted by atomic mass is 10.2. The number of anilines is 1. The molecule has 0 spiro atoms. The molecule has 0 saturated carbocycles. The Hall–Kier alpha value is -1.89. The van der Waals surface area contributed by atoms with Crippen LogP contribution >= 0.6 is 0 Å². The van der Waals surface area contributed by atoms with Crippen molar-refractivity contribution in [1.29, 1.82) is 0 Å². The normalized spacial score (nSPS) is 17.2. The first kappa shape index (κ1) is 17.0. The third-order valence-electron chi connectivity index (χ3n) is 4.17. The van der Waals surface area contributed by atoms with Crippen LogP contribution in [0.3, 0.4) is 0 Å². The van der Waals surface area contributed by atoms with Gasteiger partial charge in [-0.05, 0) is 36.4 Å². The molecular formula is C18H23FN2O3. The predicted octanol–water partition coefficient (Wildman–Crippen LogP) is 2.12. The summed E-state index contributed by atoms with van der Waals surface area (Å²) in [4.78, 5) is 4.46. The summed E-state index contributed by atoms with van der Waals surface area (Å²) in [7, 11) is 0. The van der Waals surface area contributed by atoms with Crippen molar-refractivity contribution in [3.05, 3.63) is 54.2 Å². The Kier molecular flexibility index (Phi) is 5.85. The van der Waals surface area contributed by atoms with Gasteiger partial charge in [0.2, 0.25) is 0 Å². The largest absolute Gasteiger partial charge is 0.467 e. The second-order valence-electron chi connectivity index (χ2n) is 6.01. The van der Waals surface area contributed by atoms with Gasteiger partial charge in [0.1, 0.15) is 18.2 Å². The summed E-state index contributed by atoms with van der Waals surface area (Å²) in [5, 5.41) is 10.1. The van der Waals surface area contributed by atoms with E-state index < -0.39 is 6.10 Å². The maximum Gasteiger partial charge on any atom is 0.129 e. The van der Waals surface area contributed by atoms with Gasteiger partial charge in [0.05, 0.1) is 19.0 Å². The summed E-state index contributed by atoms with van der Waals surface area (Å²) >= 11 is 0. The summed E-state index contributed by atoms with van der Waals surface area (Å²) < 4.78 is 23.6. The van der Waals surface area contributed by atoms with E-state index in [0.29, 0.717) is 19.8 Å². The Morgan fingerprint density at radius 3 is 2.54 bits per heavy atom. The van der Waals surface area contributed by atoms with Crippen LogP contribution in [0.25, 0.3) is 0 Å². The molecule has 1 saturated heterocycles. The maximum absolute atomic E-state index is 13.0. The molecule has 1 unspecified atom stereocenters. The molecule has 1 aromatic carbocycles. The number of halogens is 1. The van der Waals surface area contributed by atoms with Crippen molar-refractivity contribution in [3.8, 4) is 0 Å². The van der Waals surface area contributed by atoms with Gasteiger partial charge in [-0.25, -0.2) is 4.39 Å². The van der Waals surface area contributed by atoms with E-state index in [2.05, 4.69) is 9.80 Å². The lowest BCUT2D eigenvalue weighted by Gasteiger charge is -2.36. The Balaban J connectivity index is 1.36. The summed E-state index contributed by atoms with van der Waals surface area (Å²) in [5.41, 5.74) is 1.04. The van der Waals surface area contributed by atoms with Crippen LogP contribution in [0.4, 0.5) is 10.1 Å². The van der Waals surface area contributed by atoms with Crippen LogP contribution in [-0.2, 0) is 11.3 Å². The average molecular weight is 334 g/mol. The SMILES string of the molecule is OC(COCc1ccco1)CN1CCN(c2ccc(F)cc2)CC1. The van der Waals surface area contributed by atoms with Crippen LogP contribution in [0.5, 0.6) is 0 Å². The van der Waals surface area contributed by atoms with E-state index in [1.807, 2.05) is 24.3 Å². The molecule has 2 heterocycles. The number of hydrogen-bond acceptors (Lipinski definition) is 5. The van der Waals surface area contributed by atoms with Crippen molar-refractivity contribution in [2.45, 2.75) is 12.7 Å². The van der Waals surface area contributed by atoms with E-state index in [1.165, 1.54) is 12.1 Å². The smallest absolute Gasteiger partial charge is 0.129 e. The van der Waals surface area contributed by atoms with Gasteiger partial charge in [-0.3, -0.25) is 4.90 Å². The Bertz CT molecular complexity index is 595. The topological polar surface area (TPSA) is 49.1 Å². The number of furan rings is 1. The van der Waals surface area contributed by atoms with Crippen molar-refractivity contribution in [1.82, 2.24) is 4.90 Å². The summed E-state index contributed by atoms with van der Waals surface area (Å²) in [6.45, 7) is 4.73. The first-order valence-corrected chi connectivity index (χ1v) is 8.22. The third kappa shape index (κ3) is 4.80. The molecule has 2 aromatic rings. The van der Waals surface area contributed by atoms with Crippen LogP contribution in [0.15, 0.2) is 47.1 Å². The Labute approximate surface area is 141 Å². The van der Waals surface area contributed by atoms with E-state index in [1.54, 1.807) is 6.26 Å². The summed E-state index contributed by atoms with van der Waals surface area (Å²) in [6, 6.07) is 10.3. The van der Waals surface area contributed by atoms with Gasteiger partial charge in [-0.2, -0.15) is 0 Å². The lowest BCUT2D eigenvalue weighted by Crippen LogP contribution is -2.49. The monoisotopic (exact) mass is 334 g/mol. The van der Waals surface area contributed by atoms with Gasteiger partial charge in [0, 0.05) is 38.4 Å². The minimum atomic E-state index is -0.516. The molecule has 0 radical (unpaired) electrons. The van der Waals surface area contributed by atoms with Crippen LogP contribution in [0, 0.1) is 5.82 Å². The molecule has 6 heteroatoms. The van der Waals surface area contributed by atoms with Crippen molar-refractivity contribution < 1.29 is 18.7 Å². The second-order valence-corrected chi connectivity index (χ2v) is 6.01. The van der Waals surface area contributed by atoms with Crippen molar-refractivity contribution in [2.75, 3.05) is 44.2 Å². The number of ether oxygens (including phenoxy) is 1. The van der Waals surface area contributed by atoms with Gasteiger partial charge in [-0.15, -0.1) is 0 Å². The molecule has 1 atom stereocenters. The van der Waals surface area contributed by atoms with Crippen molar-refractivity contribution in [2.24, 2.45) is 0 Å². The number of β-amino-alcohol motifs (C(OH)–C–C–N with tert-alkyl or cyclic N) is 1. The molecule has 3 rings (SSSR count). The molecule has 0 aliphatic carbocycles. The predicted molar refractivity (Wildman–Crippen MR) is 89.4 cm³/mol. The van der Waals surface area contributed by atoms with Gasteiger partial charge >= 0.3 is 0 Å². The lowest BCUT2D eigenvalue weighted by molar-refractivity contribution is 0.00442. The van der Waals surface area contributed by atoms with Crippen LogP contribution in [0.2, 0.25) is 0 Å². The van der Waals surface area contributed by atoms with Gasteiger partial charge in [0.15, 0.2) is 0 Å². The zero-order valence-corrected chi connectivity index (χ0v) is 13.6. The van der Waals surface area contributed by atoms with Gasteiger partial charge in [0.25, 0.3) is 0 Å². The molecule has 5 nitrogen and oxygen atoms in total. The van der Waals surface area contributed by atoms with E-state index >= 15 is 0 Å². The number of rotatable bonds is 7. The Morgan fingerprint density at radius 2 is 1.88 bits per heavy atom. The standard InChI is InChI=1S/C18H23FN2O3/c19-15-3-5-16(6-4-15)21-9-7-20(8-10-21)12-17(22)13-23-14-18-2-1-11-24-18/h1-6,11,17,22H,7-10,12-14H2. The fourth-order valence-corrected chi connectivity index (χ4v) is 2.88. The minimum absolute atomic E-state index is 0.213. The number of aliphatic hydroxyl groups is 1. The summed E-state index contributed by atoms with van der Waals surface area (Å²) in [6.07, 6.45) is 1.09. The third-order valence-corrected chi connectivity index (χ3v) is 4.17. The second kappa shape index (κ2) is 8.28. The molecule has 1 fully saturated rings. The number of hydrogen-bond donors (Lipinski definition) is 1. The zero-order valence-electron chi connectivity index (χ0n) is 13.6. The molecular weight excluding hydrogens is 311 g/mol. The fraction of sp³-hybridized carbons (Fsp3) is 0.444. The molecule has 24 heavy (non-hydrogen) atoms. The highest BCUT2D eigenvalue weighted by Crippen LogP contribution is 2.17. The number of piperazine rings is 1. The average Bonchev–Trinajstić information content (AvgIpc) is 3.10. The first-order chi connectivity index (χ1) is 11.7.